The van der Waals surface area contributed by atoms with Crippen LogP contribution in [0.25, 0.3) is 0 Å². The Hall–Kier alpha value is -1.78. The van der Waals surface area contributed by atoms with Gasteiger partial charge < -0.3 is 15.8 Å². The zero-order valence-electron chi connectivity index (χ0n) is 12.4. The van der Waals surface area contributed by atoms with Crippen LogP contribution in [-0.4, -0.2) is 22.6 Å². The van der Waals surface area contributed by atoms with Crippen molar-refractivity contribution in [3.8, 4) is 5.88 Å². The van der Waals surface area contributed by atoms with Gasteiger partial charge in [-0.1, -0.05) is 6.07 Å². The van der Waals surface area contributed by atoms with Crippen molar-refractivity contribution >= 4 is 5.96 Å². The Bertz CT molecular complexity index is 435. The summed E-state index contributed by atoms with van der Waals surface area (Å²) in [7, 11) is 0. The summed E-state index contributed by atoms with van der Waals surface area (Å²) in [4.78, 5) is 8.53. The topological polar surface area (TPSA) is 72.5 Å². The van der Waals surface area contributed by atoms with E-state index in [1.165, 1.54) is 0 Å². The van der Waals surface area contributed by atoms with E-state index in [4.69, 9.17) is 10.5 Å². The number of pyridine rings is 1. The van der Waals surface area contributed by atoms with E-state index in [-0.39, 0.29) is 11.6 Å². The van der Waals surface area contributed by atoms with Crippen molar-refractivity contribution < 1.29 is 4.74 Å². The average Bonchev–Trinajstić information content (AvgIpc) is 2.24. The Morgan fingerprint density at radius 2 is 2.16 bits per heavy atom. The molecule has 5 nitrogen and oxygen atoms in total. The predicted molar refractivity (Wildman–Crippen MR) is 78.2 cm³/mol. The molecule has 0 fully saturated rings. The van der Waals surface area contributed by atoms with Crippen LogP contribution in [0.2, 0.25) is 0 Å². The van der Waals surface area contributed by atoms with Crippen LogP contribution in [0, 0.1) is 0 Å². The summed E-state index contributed by atoms with van der Waals surface area (Å²) in [5.74, 6) is 1.04. The Balaban J connectivity index is 2.74. The number of nitrogens with two attached hydrogens (primary N) is 1. The third-order valence-electron chi connectivity index (χ3n) is 2.12. The van der Waals surface area contributed by atoms with Crippen molar-refractivity contribution in [1.82, 2.24) is 10.3 Å². The molecule has 0 aliphatic heterocycles. The molecule has 0 radical (unpaired) electrons. The van der Waals surface area contributed by atoms with Crippen LogP contribution in [0.5, 0.6) is 5.88 Å². The van der Waals surface area contributed by atoms with Crippen molar-refractivity contribution in [2.75, 3.05) is 0 Å². The van der Waals surface area contributed by atoms with Gasteiger partial charge in [0.05, 0.1) is 12.6 Å². The van der Waals surface area contributed by atoms with Gasteiger partial charge in [0.2, 0.25) is 5.88 Å². The van der Waals surface area contributed by atoms with E-state index in [2.05, 4.69) is 15.3 Å². The second-order valence-electron chi connectivity index (χ2n) is 5.71. The summed E-state index contributed by atoms with van der Waals surface area (Å²) in [6, 6.07) is 3.81. The number of nitrogens with zero attached hydrogens (tertiary/aromatic N) is 2. The maximum atomic E-state index is 5.84. The van der Waals surface area contributed by atoms with E-state index < -0.39 is 0 Å². The maximum absolute atomic E-state index is 5.84. The van der Waals surface area contributed by atoms with E-state index >= 15 is 0 Å². The summed E-state index contributed by atoms with van der Waals surface area (Å²) in [6.07, 6.45) is 1.80. The molecular weight excluding hydrogens is 240 g/mol. The molecular formula is C14H24N4O. The van der Waals surface area contributed by atoms with Gasteiger partial charge in [-0.05, 0) is 40.7 Å². The number of ether oxygens (including phenoxy) is 1. The van der Waals surface area contributed by atoms with Gasteiger partial charge in [0, 0.05) is 17.3 Å². The molecule has 19 heavy (non-hydrogen) atoms. The van der Waals surface area contributed by atoms with Gasteiger partial charge >= 0.3 is 0 Å². The number of rotatable bonds is 4. The molecule has 5 heteroatoms. The van der Waals surface area contributed by atoms with Gasteiger partial charge in [0.15, 0.2) is 5.96 Å². The van der Waals surface area contributed by atoms with Crippen LogP contribution >= 0.6 is 0 Å². The first-order valence-electron chi connectivity index (χ1n) is 6.46. The Kier molecular flexibility index (Phi) is 5.15. The molecule has 1 aromatic rings. The van der Waals surface area contributed by atoms with E-state index in [1.807, 2.05) is 46.8 Å². The summed E-state index contributed by atoms with van der Waals surface area (Å²) >= 11 is 0. The summed E-state index contributed by atoms with van der Waals surface area (Å²) in [6.45, 7) is 10.5. The fourth-order valence-electron chi connectivity index (χ4n) is 1.47. The lowest BCUT2D eigenvalue weighted by Crippen LogP contribution is -2.44. The summed E-state index contributed by atoms with van der Waals surface area (Å²) in [5.41, 5.74) is 6.67. The maximum Gasteiger partial charge on any atom is 0.218 e. The van der Waals surface area contributed by atoms with Gasteiger partial charge in [0.25, 0.3) is 0 Å². The second-order valence-corrected chi connectivity index (χ2v) is 5.71. The third kappa shape index (κ3) is 6.08. The van der Waals surface area contributed by atoms with Gasteiger partial charge in [0.1, 0.15) is 0 Å². The van der Waals surface area contributed by atoms with E-state index in [1.54, 1.807) is 6.20 Å². The van der Waals surface area contributed by atoms with E-state index in [0.717, 1.165) is 5.56 Å². The molecule has 0 amide bonds. The SMILES string of the molecule is CC(C)Oc1ncccc1CN=C(N)NC(C)(C)C. The number of guanidine groups is 1. The number of aliphatic imine (C=N–C) groups is 1. The van der Waals surface area contributed by atoms with Gasteiger partial charge in [-0.25, -0.2) is 9.98 Å². The van der Waals surface area contributed by atoms with Crippen molar-refractivity contribution in [3.05, 3.63) is 23.9 Å². The molecule has 0 bridgehead atoms. The van der Waals surface area contributed by atoms with Gasteiger partial charge in [-0.15, -0.1) is 0 Å². The van der Waals surface area contributed by atoms with Crippen LogP contribution in [0.4, 0.5) is 0 Å². The highest BCUT2D eigenvalue weighted by atomic mass is 16.5. The molecule has 0 atom stereocenters. The van der Waals surface area contributed by atoms with Crippen molar-refractivity contribution in [3.63, 3.8) is 0 Å². The summed E-state index contributed by atoms with van der Waals surface area (Å²) in [5, 5.41) is 3.12. The lowest BCUT2D eigenvalue weighted by Gasteiger charge is -2.21. The van der Waals surface area contributed by atoms with Crippen LogP contribution in [0.3, 0.4) is 0 Å². The molecule has 0 spiro atoms. The van der Waals surface area contributed by atoms with Crippen molar-refractivity contribution in [1.29, 1.82) is 0 Å². The second kappa shape index (κ2) is 6.41. The van der Waals surface area contributed by atoms with Crippen LogP contribution < -0.4 is 15.8 Å². The first kappa shape index (κ1) is 15.3. The standard InChI is InChI=1S/C14H24N4O/c1-10(2)19-12-11(7-6-8-16-12)9-17-13(15)18-14(3,4)5/h6-8,10H,9H2,1-5H3,(H3,15,17,18). The minimum absolute atomic E-state index is 0.0858. The Labute approximate surface area is 115 Å². The normalized spacial score (nSPS) is 12.6. The minimum atomic E-state index is -0.0974. The van der Waals surface area contributed by atoms with Crippen LogP contribution in [0.15, 0.2) is 23.3 Å². The number of aromatic nitrogens is 1. The Morgan fingerprint density at radius 3 is 2.74 bits per heavy atom. The van der Waals surface area contributed by atoms with Crippen molar-refractivity contribution in [2.24, 2.45) is 10.7 Å². The lowest BCUT2D eigenvalue weighted by molar-refractivity contribution is 0.230. The monoisotopic (exact) mass is 264 g/mol. The molecule has 1 aromatic heterocycles. The molecule has 0 saturated carbocycles. The smallest absolute Gasteiger partial charge is 0.218 e. The Morgan fingerprint density at radius 1 is 1.47 bits per heavy atom. The zero-order valence-corrected chi connectivity index (χ0v) is 12.4. The quantitative estimate of drug-likeness (QED) is 0.645. The lowest BCUT2D eigenvalue weighted by atomic mass is 10.1. The molecule has 0 aliphatic carbocycles. The molecule has 106 valence electrons. The first-order chi connectivity index (χ1) is 8.78. The average molecular weight is 264 g/mol. The predicted octanol–water partition coefficient (Wildman–Crippen LogP) is 2.07. The van der Waals surface area contributed by atoms with Crippen LogP contribution in [-0.2, 0) is 6.54 Å². The molecule has 1 heterocycles. The largest absolute Gasteiger partial charge is 0.475 e. The number of nitrogens with one attached hydrogen (secondary N) is 1. The number of hydrogen-bond acceptors (Lipinski definition) is 3. The minimum Gasteiger partial charge on any atom is -0.475 e. The molecule has 0 aromatic carbocycles. The fourth-order valence-corrected chi connectivity index (χ4v) is 1.47. The number of hydrogen-bond donors (Lipinski definition) is 2. The molecule has 3 N–H and O–H groups in total. The highest BCUT2D eigenvalue weighted by molar-refractivity contribution is 5.78. The fraction of sp³-hybridized carbons (Fsp3) is 0.571. The third-order valence-corrected chi connectivity index (χ3v) is 2.12. The van der Waals surface area contributed by atoms with Crippen molar-refractivity contribution in [2.45, 2.75) is 52.8 Å². The van der Waals surface area contributed by atoms with E-state index in [9.17, 15) is 0 Å². The van der Waals surface area contributed by atoms with Crippen LogP contribution in [0.1, 0.15) is 40.2 Å². The summed E-state index contributed by atoms with van der Waals surface area (Å²) < 4.78 is 5.64. The molecule has 0 aliphatic rings. The molecule has 1 rings (SSSR count). The first-order valence-corrected chi connectivity index (χ1v) is 6.46. The highest BCUT2D eigenvalue weighted by Crippen LogP contribution is 2.16. The zero-order chi connectivity index (χ0) is 14.5. The molecule has 0 unspecified atom stereocenters. The highest BCUT2D eigenvalue weighted by Gasteiger charge is 2.10. The van der Waals surface area contributed by atoms with Gasteiger partial charge in [-0.2, -0.15) is 0 Å². The molecule has 0 saturated heterocycles. The van der Waals surface area contributed by atoms with Gasteiger partial charge in [-0.3, -0.25) is 0 Å². The van der Waals surface area contributed by atoms with E-state index in [0.29, 0.717) is 18.4 Å².